The maximum absolute atomic E-state index is 11.8. The minimum absolute atomic E-state index is 0.131. The Morgan fingerprint density at radius 3 is 2.78 bits per heavy atom. The Hall–Kier alpha value is -1.89. The van der Waals surface area contributed by atoms with Crippen LogP contribution in [0.2, 0.25) is 0 Å². The smallest absolute Gasteiger partial charge is 0.273 e. The van der Waals surface area contributed by atoms with Gasteiger partial charge < -0.3 is 10.1 Å². The summed E-state index contributed by atoms with van der Waals surface area (Å²) in [5.74, 6) is -0.232. The first kappa shape index (κ1) is 14.2. The van der Waals surface area contributed by atoms with Crippen LogP contribution >= 0.6 is 15.9 Å². The number of ether oxygens (including phenoxy) is 1. The summed E-state index contributed by atoms with van der Waals surface area (Å²) < 4.78 is 5.59. The van der Waals surface area contributed by atoms with Crippen molar-refractivity contribution in [2.45, 2.75) is 0 Å². The maximum atomic E-state index is 11.8. The molecule has 1 N–H and O–H groups in total. The molecule has 0 radical (unpaired) electrons. The SMILES string of the molecule is C=C(Br)CNC(=O)c1ccc([N+](=O)[O-])cc1OC. The minimum Gasteiger partial charge on any atom is -0.496 e. The van der Waals surface area contributed by atoms with Crippen molar-refractivity contribution in [1.29, 1.82) is 0 Å². The molecule has 0 aliphatic heterocycles. The van der Waals surface area contributed by atoms with E-state index in [4.69, 9.17) is 4.74 Å². The lowest BCUT2D eigenvalue weighted by molar-refractivity contribution is -0.384. The Kier molecular flexibility index (Phi) is 4.85. The second kappa shape index (κ2) is 6.15. The zero-order valence-electron chi connectivity index (χ0n) is 9.60. The maximum Gasteiger partial charge on any atom is 0.273 e. The van der Waals surface area contributed by atoms with Crippen LogP contribution in [-0.4, -0.2) is 24.5 Å². The first-order chi connectivity index (χ1) is 8.45. The van der Waals surface area contributed by atoms with Crippen molar-refractivity contribution in [1.82, 2.24) is 5.32 Å². The Balaban J connectivity index is 2.98. The fourth-order valence-corrected chi connectivity index (χ4v) is 1.39. The minimum atomic E-state index is -0.551. The number of nitrogens with zero attached hydrogens (tertiary/aromatic N) is 1. The molecule has 0 aromatic heterocycles. The third-order valence-corrected chi connectivity index (χ3v) is 2.36. The van der Waals surface area contributed by atoms with Crippen molar-refractivity contribution < 1.29 is 14.5 Å². The summed E-state index contributed by atoms with van der Waals surface area (Å²) in [5, 5.41) is 13.2. The normalized spacial score (nSPS) is 9.67. The Morgan fingerprint density at radius 2 is 2.28 bits per heavy atom. The van der Waals surface area contributed by atoms with E-state index < -0.39 is 4.92 Å². The molecule has 1 aromatic carbocycles. The van der Waals surface area contributed by atoms with Crippen LogP contribution < -0.4 is 10.1 Å². The van der Waals surface area contributed by atoms with Gasteiger partial charge in [0, 0.05) is 17.1 Å². The first-order valence-corrected chi connectivity index (χ1v) is 5.69. The van der Waals surface area contributed by atoms with Gasteiger partial charge in [0.05, 0.1) is 23.7 Å². The van der Waals surface area contributed by atoms with Crippen molar-refractivity contribution in [3.05, 3.63) is 44.9 Å². The van der Waals surface area contributed by atoms with Gasteiger partial charge in [-0.1, -0.05) is 22.5 Å². The number of nitro groups is 1. The fraction of sp³-hybridized carbons (Fsp3) is 0.182. The molecule has 1 amide bonds. The summed E-state index contributed by atoms with van der Waals surface area (Å²) >= 11 is 3.11. The number of benzene rings is 1. The van der Waals surface area contributed by atoms with Crippen LogP contribution in [-0.2, 0) is 0 Å². The van der Waals surface area contributed by atoms with E-state index in [1.165, 1.54) is 25.3 Å². The van der Waals surface area contributed by atoms with Crippen LogP contribution in [0.1, 0.15) is 10.4 Å². The largest absolute Gasteiger partial charge is 0.496 e. The van der Waals surface area contributed by atoms with Gasteiger partial charge in [0.25, 0.3) is 11.6 Å². The molecule has 0 unspecified atom stereocenters. The molecule has 7 heteroatoms. The Morgan fingerprint density at radius 1 is 1.61 bits per heavy atom. The summed E-state index contributed by atoms with van der Waals surface area (Å²) in [6.45, 7) is 3.84. The van der Waals surface area contributed by atoms with Crippen LogP contribution in [0.5, 0.6) is 5.75 Å². The number of carbonyl (C=O) groups is 1. The van der Waals surface area contributed by atoms with Crippen molar-refractivity contribution in [2.75, 3.05) is 13.7 Å². The lowest BCUT2D eigenvalue weighted by Gasteiger charge is -2.08. The second-order valence-electron chi connectivity index (χ2n) is 3.34. The second-order valence-corrected chi connectivity index (χ2v) is 4.46. The number of carbonyl (C=O) groups excluding carboxylic acids is 1. The molecule has 0 spiro atoms. The number of non-ortho nitro benzene ring substituents is 1. The monoisotopic (exact) mass is 314 g/mol. The quantitative estimate of drug-likeness (QED) is 0.667. The number of amides is 1. The van der Waals surface area contributed by atoms with E-state index in [1.807, 2.05) is 0 Å². The molecule has 0 aliphatic carbocycles. The lowest BCUT2D eigenvalue weighted by Crippen LogP contribution is -2.24. The molecule has 18 heavy (non-hydrogen) atoms. The number of hydrogen-bond acceptors (Lipinski definition) is 4. The zero-order valence-corrected chi connectivity index (χ0v) is 11.2. The average molecular weight is 315 g/mol. The van der Waals surface area contributed by atoms with Gasteiger partial charge >= 0.3 is 0 Å². The van der Waals surface area contributed by atoms with E-state index in [0.717, 1.165) is 0 Å². The zero-order chi connectivity index (χ0) is 13.7. The molecule has 0 saturated heterocycles. The van der Waals surface area contributed by atoms with E-state index in [9.17, 15) is 14.9 Å². The highest BCUT2D eigenvalue weighted by Gasteiger charge is 2.16. The molecular formula is C11H11BrN2O4. The number of methoxy groups -OCH3 is 1. The van der Waals surface area contributed by atoms with Crippen molar-refractivity contribution in [2.24, 2.45) is 0 Å². The summed E-state index contributed by atoms with van der Waals surface area (Å²) in [5.41, 5.74) is 0.102. The van der Waals surface area contributed by atoms with Crippen LogP contribution in [0.3, 0.4) is 0 Å². The number of nitrogens with one attached hydrogen (secondary N) is 1. The third-order valence-electron chi connectivity index (χ3n) is 2.08. The van der Waals surface area contributed by atoms with Gasteiger partial charge in [-0.3, -0.25) is 14.9 Å². The van der Waals surface area contributed by atoms with Crippen molar-refractivity contribution in [3.63, 3.8) is 0 Å². The highest BCUT2D eigenvalue weighted by atomic mass is 79.9. The van der Waals surface area contributed by atoms with E-state index in [-0.39, 0.29) is 29.5 Å². The first-order valence-electron chi connectivity index (χ1n) is 4.89. The topological polar surface area (TPSA) is 81.5 Å². The van der Waals surface area contributed by atoms with E-state index >= 15 is 0 Å². The van der Waals surface area contributed by atoms with Gasteiger partial charge in [-0.2, -0.15) is 0 Å². The molecule has 0 fully saturated rings. The van der Waals surface area contributed by atoms with Crippen LogP contribution in [0.15, 0.2) is 29.3 Å². The lowest BCUT2D eigenvalue weighted by atomic mass is 10.1. The summed E-state index contributed by atoms with van der Waals surface area (Å²) in [4.78, 5) is 21.8. The van der Waals surface area contributed by atoms with Gasteiger partial charge in [0.2, 0.25) is 0 Å². The van der Waals surface area contributed by atoms with Gasteiger partial charge in [-0.15, -0.1) is 0 Å². The average Bonchev–Trinajstić information content (AvgIpc) is 2.34. The number of halogens is 1. The van der Waals surface area contributed by atoms with Gasteiger partial charge in [-0.25, -0.2) is 0 Å². The summed E-state index contributed by atoms with van der Waals surface area (Å²) in [7, 11) is 1.35. The Labute approximate surface area is 112 Å². The van der Waals surface area contributed by atoms with Gasteiger partial charge in [0.15, 0.2) is 0 Å². The Bertz CT molecular complexity index is 502. The van der Waals surface area contributed by atoms with E-state index in [2.05, 4.69) is 27.8 Å². The molecular weight excluding hydrogens is 304 g/mol. The molecule has 1 rings (SSSR count). The predicted molar refractivity (Wildman–Crippen MR) is 70.0 cm³/mol. The van der Waals surface area contributed by atoms with E-state index in [0.29, 0.717) is 4.48 Å². The highest BCUT2D eigenvalue weighted by Crippen LogP contribution is 2.24. The molecule has 0 bridgehead atoms. The van der Waals surface area contributed by atoms with E-state index in [1.54, 1.807) is 0 Å². The number of rotatable bonds is 5. The van der Waals surface area contributed by atoms with Gasteiger partial charge in [0.1, 0.15) is 5.75 Å². The fourth-order valence-electron chi connectivity index (χ4n) is 1.25. The van der Waals surface area contributed by atoms with Crippen molar-refractivity contribution in [3.8, 4) is 5.75 Å². The number of nitro benzene ring substituents is 1. The molecule has 0 heterocycles. The molecule has 6 nitrogen and oxygen atoms in total. The van der Waals surface area contributed by atoms with Crippen LogP contribution in [0.4, 0.5) is 5.69 Å². The standard InChI is InChI=1S/C11H11BrN2O4/c1-7(12)6-13-11(15)9-4-3-8(14(16)17)5-10(9)18-2/h3-5H,1,6H2,2H3,(H,13,15). The van der Waals surface area contributed by atoms with Crippen molar-refractivity contribution >= 4 is 27.5 Å². The molecule has 96 valence electrons. The van der Waals surface area contributed by atoms with Crippen LogP contribution in [0, 0.1) is 10.1 Å². The summed E-state index contributed by atoms with van der Waals surface area (Å²) in [6.07, 6.45) is 0. The highest BCUT2D eigenvalue weighted by molar-refractivity contribution is 9.11. The van der Waals surface area contributed by atoms with Crippen LogP contribution in [0.25, 0.3) is 0 Å². The van der Waals surface area contributed by atoms with Gasteiger partial charge in [-0.05, 0) is 6.07 Å². The molecule has 0 atom stereocenters. The third kappa shape index (κ3) is 3.56. The molecule has 1 aromatic rings. The summed E-state index contributed by atoms with van der Waals surface area (Å²) in [6, 6.07) is 3.81. The molecule has 0 saturated carbocycles. The predicted octanol–water partition coefficient (Wildman–Crippen LogP) is 2.24. The molecule has 0 aliphatic rings. The number of hydrogen-bond donors (Lipinski definition) is 1.